The molecule has 0 bridgehead atoms. The van der Waals surface area contributed by atoms with Crippen molar-refractivity contribution < 1.29 is 4.74 Å². The van der Waals surface area contributed by atoms with Gasteiger partial charge in [-0.15, -0.1) is 11.3 Å². The fraction of sp³-hybridized carbons (Fsp3) is 0.625. The second kappa shape index (κ2) is 5.15. The van der Waals surface area contributed by atoms with E-state index in [0.717, 1.165) is 52.5 Å². The van der Waals surface area contributed by atoms with Crippen molar-refractivity contribution in [1.29, 1.82) is 0 Å². The van der Waals surface area contributed by atoms with E-state index in [0.29, 0.717) is 6.61 Å². The zero-order valence-electron chi connectivity index (χ0n) is 13.1. The maximum atomic E-state index is 12.6. The van der Waals surface area contributed by atoms with Crippen LogP contribution in [0.2, 0.25) is 0 Å². The number of nitrogens with one attached hydrogen (secondary N) is 1. The normalized spacial score (nSPS) is 21.4. The Morgan fingerprint density at radius 3 is 2.91 bits per heavy atom. The summed E-state index contributed by atoms with van der Waals surface area (Å²) in [5, 5.41) is 0.779. The second-order valence-corrected chi connectivity index (χ2v) is 7.99. The van der Waals surface area contributed by atoms with Crippen LogP contribution >= 0.6 is 11.3 Å². The molecule has 4 heterocycles. The highest BCUT2D eigenvalue weighted by atomic mass is 32.1. The third-order valence-corrected chi connectivity index (χ3v) is 5.66. The van der Waals surface area contributed by atoms with E-state index in [-0.39, 0.29) is 11.2 Å². The molecule has 22 heavy (non-hydrogen) atoms. The lowest BCUT2D eigenvalue weighted by Crippen LogP contribution is -2.31. The Hall–Kier alpha value is -1.24. The summed E-state index contributed by atoms with van der Waals surface area (Å²) in [6.07, 6.45) is 3.26. The predicted octanol–water partition coefficient (Wildman–Crippen LogP) is 2.43. The van der Waals surface area contributed by atoms with Crippen molar-refractivity contribution in [2.75, 3.05) is 13.1 Å². The summed E-state index contributed by atoms with van der Waals surface area (Å²) in [7, 11) is 0. The monoisotopic (exact) mass is 319 g/mol. The molecule has 6 heteroatoms. The molecule has 1 fully saturated rings. The van der Waals surface area contributed by atoms with Gasteiger partial charge >= 0.3 is 0 Å². The molecule has 0 unspecified atom stereocenters. The number of aromatic amines is 1. The van der Waals surface area contributed by atoms with Crippen molar-refractivity contribution in [1.82, 2.24) is 14.9 Å². The third kappa shape index (κ3) is 2.49. The first kappa shape index (κ1) is 14.4. The summed E-state index contributed by atoms with van der Waals surface area (Å²) in [6, 6.07) is 0. The standard InChI is InChI=1S/C16H21N3O2S/c1-16(2)7-10-11(9-21-16)22-15-13(10)14(20)17-12(18-15)8-19-5-3-4-6-19/h3-9H2,1-2H3,(H,17,18,20). The number of likely N-dealkylation sites (tertiary alicyclic amines) is 1. The van der Waals surface area contributed by atoms with Crippen molar-refractivity contribution >= 4 is 21.6 Å². The molecule has 0 spiro atoms. The van der Waals surface area contributed by atoms with Crippen LogP contribution in [-0.4, -0.2) is 33.6 Å². The van der Waals surface area contributed by atoms with Gasteiger partial charge in [0.05, 0.1) is 24.1 Å². The lowest BCUT2D eigenvalue weighted by molar-refractivity contribution is -0.0379. The Labute approximate surface area is 133 Å². The van der Waals surface area contributed by atoms with Crippen LogP contribution in [0.4, 0.5) is 0 Å². The van der Waals surface area contributed by atoms with Crippen LogP contribution in [-0.2, 0) is 24.3 Å². The third-order valence-electron chi connectivity index (χ3n) is 4.56. The number of ether oxygens (including phenoxy) is 1. The Morgan fingerprint density at radius 2 is 2.14 bits per heavy atom. The van der Waals surface area contributed by atoms with Gasteiger partial charge < -0.3 is 9.72 Å². The van der Waals surface area contributed by atoms with Crippen LogP contribution in [0, 0.1) is 0 Å². The molecule has 0 saturated carbocycles. The van der Waals surface area contributed by atoms with E-state index >= 15 is 0 Å². The van der Waals surface area contributed by atoms with Gasteiger partial charge in [0.15, 0.2) is 0 Å². The number of thiophene rings is 1. The molecule has 0 atom stereocenters. The fourth-order valence-corrected chi connectivity index (χ4v) is 4.55. The van der Waals surface area contributed by atoms with Crippen LogP contribution in [0.25, 0.3) is 10.2 Å². The molecule has 0 radical (unpaired) electrons. The van der Waals surface area contributed by atoms with Crippen molar-refractivity contribution in [3.8, 4) is 0 Å². The van der Waals surface area contributed by atoms with Crippen molar-refractivity contribution in [3.63, 3.8) is 0 Å². The number of hydrogen-bond donors (Lipinski definition) is 1. The molecule has 1 N–H and O–H groups in total. The van der Waals surface area contributed by atoms with Gasteiger partial charge in [-0.25, -0.2) is 4.98 Å². The highest BCUT2D eigenvalue weighted by Gasteiger charge is 2.30. The molecule has 0 aromatic carbocycles. The molecule has 2 aromatic heterocycles. The maximum absolute atomic E-state index is 12.6. The van der Waals surface area contributed by atoms with Crippen molar-refractivity contribution in [2.24, 2.45) is 0 Å². The second-order valence-electron chi connectivity index (χ2n) is 6.90. The molecular formula is C16H21N3O2S. The number of hydrogen-bond acceptors (Lipinski definition) is 5. The summed E-state index contributed by atoms with van der Waals surface area (Å²) in [5.74, 6) is 0.790. The fourth-order valence-electron chi connectivity index (χ4n) is 3.42. The van der Waals surface area contributed by atoms with Gasteiger partial charge in [0, 0.05) is 11.3 Å². The summed E-state index contributed by atoms with van der Waals surface area (Å²) >= 11 is 1.61. The molecule has 0 amide bonds. The Morgan fingerprint density at radius 1 is 1.36 bits per heavy atom. The van der Waals surface area contributed by atoms with Gasteiger partial charge in [-0.3, -0.25) is 9.69 Å². The lowest BCUT2D eigenvalue weighted by atomic mass is 9.94. The summed E-state index contributed by atoms with van der Waals surface area (Å²) in [5.41, 5.74) is 0.939. The molecule has 4 rings (SSSR count). The average molecular weight is 319 g/mol. The number of aromatic nitrogens is 2. The van der Waals surface area contributed by atoms with E-state index in [9.17, 15) is 4.79 Å². The van der Waals surface area contributed by atoms with Crippen LogP contribution in [0.3, 0.4) is 0 Å². The highest BCUT2D eigenvalue weighted by molar-refractivity contribution is 7.18. The molecule has 2 aliphatic rings. The molecule has 118 valence electrons. The first-order valence-corrected chi connectivity index (χ1v) is 8.73. The first-order valence-electron chi connectivity index (χ1n) is 7.92. The quantitative estimate of drug-likeness (QED) is 0.923. The number of fused-ring (bicyclic) bond motifs is 3. The summed E-state index contributed by atoms with van der Waals surface area (Å²) < 4.78 is 5.86. The Bertz CT molecular complexity index is 772. The highest BCUT2D eigenvalue weighted by Crippen LogP contribution is 2.36. The minimum absolute atomic E-state index is 0.00870. The minimum atomic E-state index is -0.207. The zero-order chi connectivity index (χ0) is 15.3. The van der Waals surface area contributed by atoms with Crippen LogP contribution in [0.1, 0.15) is 43.0 Å². The van der Waals surface area contributed by atoms with Crippen LogP contribution in [0.5, 0.6) is 0 Å². The van der Waals surface area contributed by atoms with Gasteiger partial charge in [0.2, 0.25) is 0 Å². The molecular weight excluding hydrogens is 298 g/mol. The predicted molar refractivity (Wildman–Crippen MR) is 87.3 cm³/mol. The molecule has 2 aliphatic heterocycles. The molecule has 5 nitrogen and oxygen atoms in total. The average Bonchev–Trinajstić information content (AvgIpc) is 3.05. The largest absolute Gasteiger partial charge is 0.370 e. The van der Waals surface area contributed by atoms with Crippen LogP contribution < -0.4 is 5.56 Å². The number of nitrogens with zero attached hydrogens (tertiary/aromatic N) is 2. The van der Waals surface area contributed by atoms with Gasteiger partial charge in [0.1, 0.15) is 10.7 Å². The van der Waals surface area contributed by atoms with E-state index in [1.807, 2.05) is 0 Å². The van der Waals surface area contributed by atoms with Gasteiger partial charge in [-0.2, -0.15) is 0 Å². The summed E-state index contributed by atoms with van der Waals surface area (Å²) in [4.78, 5) is 24.7. The van der Waals surface area contributed by atoms with E-state index in [1.54, 1.807) is 11.3 Å². The summed E-state index contributed by atoms with van der Waals surface area (Å²) in [6.45, 7) is 7.68. The zero-order valence-corrected chi connectivity index (χ0v) is 13.9. The smallest absolute Gasteiger partial charge is 0.259 e. The lowest BCUT2D eigenvalue weighted by Gasteiger charge is -2.29. The Kier molecular flexibility index (Phi) is 3.36. The van der Waals surface area contributed by atoms with Gasteiger partial charge in [-0.1, -0.05) is 0 Å². The Balaban J connectivity index is 1.75. The molecule has 1 saturated heterocycles. The van der Waals surface area contributed by atoms with Gasteiger partial charge in [-0.05, 0) is 45.3 Å². The van der Waals surface area contributed by atoms with E-state index in [4.69, 9.17) is 9.72 Å². The maximum Gasteiger partial charge on any atom is 0.259 e. The van der Waals surface area contributed by atoms with E-state index in [1.165, 1.54) is 12.8 Å². The van der Waals surface area contributed by atoms with Crippen molar-refractivity contribution in [2.45, 2.75) is 51.9 Å². The molecule has 2 aromatic rings. The van der Waals surface area contributed by atoms with Gasteiger partial charge in [0.25, 0.3) is 5.56 Å². The van der Waals surface area contributed by atoms with E-state index in [2.05, 4.69) is 23.7 Å². The van der Waals surface area contributed by atoms with E-state index < -0.39 is 0 Å². The first-order chi connectivity index (χ1) is 10.5. The number of rotatable bonds is 2. The van der Waals surface area contributed by atoms with Crippen LogP contribution in [0.15, 0.2) is 4.79 Å². The topological polar surface area (TPSA) is 58.2 Å². The minimum Gasteiger partial charge on any atom is -0.370 e. The molecule has 0 aliphatic carbocycles. The SMILES string of the molecule is CC1(C)Cc2c(sc3nc(CN4CCCC4)[nH]c(=O)c23)CO1. The van der Waals surface area contributed by atoms with Crippen molar-refractivity contribution in [3.05, 3.63) is 26.6 Å². The number of H-pyrrole nitrogens is 1.